The number of carbonyl (C=O) groups is 2. The fraction of sp³-hybridized carbons (Fsp3) is 0.429. The minimum Gasteiger partial charge on any atom is -0.346 e. The van der Waals surface area contributed by atoms with Gasteiger partial charge in [-0.2, -0.15) is 4.31 Å². The Morgan fingerprint density at radius 2 is 1.79 bits per heavy atom. The second-order valence-corrected chi connectivity index (χ2v) is 7.51. The quantitative estimate of drug-likeness (QED) is 0.704. The van der Waals surface area contributed by atoms with Crippen LogP contribution in [0.15, 0.2) is 29.2 Å². The van der Waals surface area contributed by atoms with Gasteiger partial charge >= 0.3 is 0 Å². The first-order chi connectivity index (χ1) is 11.4. The summed E-state index contributed by atoms with van der Waals surface area (Å²) in [6, 6.07) is 6.25. The van der Waals surface area contributed by atoms with Gasteiger partial charge in [0.2, 0.25) is 21.8 Å². The van der Waals surface area contributed by atoms with Crippen molar-refractivity contribution in [3.63, 3.8) is 0 Å². The Balaban J connectivity index is 1.96. The van der Waals surface area contributed by atoms with E-state index in [0.717, 1.165) is 0 Å². The summed E-state index contributed by atoms with van der Waals surface area (Å²) >= 11 is 5.97. The predicted octanol–water partition coefficient (Wildman–Crippen LogP) is -0.752. The SMILES string of the molecule is NCC(=O)NCC(=O)N1CCN(S(=O)(=O)c2ccccc2Cl)CC1. The lowest BCUT2D eigenvalue weighted by molar-refractivity contribution is -0.133. The predicted molar refractivity (Wildman–Crippen MR) is 88.9 cm³/mol. The Labute approximate surface area is 145 Å². The molecule has 1 aromatic carbocycles. The molecule has 0 unspecified atom stereocenters. The van der Waals surface area contributed by atoms with Crippen molar-refractivity contribution in [1.82, 2.24) is 14.5 Å². The van der Waals surface area contributed by atoms with Crippen molar-refractivity contribution in [1.29, 1.82) is 0 Å². The number of hydrogen-bond acceptors (Lipinski definition) is 5. The number of sulfonamides is 1. The molecule has 1 aliphatic heterocycles. The van der Waals surface area contributed by atoms with Gasteiger partial charge in [-0.25, -0.2) is 8.42 Å². The van der Waals surface area contributed by atoms with Crippen LogP contribution in [0.3, 0.4) is 0 Å². The zero-order valence-electron chi connectivity index (χ0n) is 12.9. The lowest BCUT2D eigenvalue weighted by atomic mass is 10.3. The number of benzene rings is 1. The molecule has 8 nitrogen and oxygen atoms in total. The van der Waals surface area contributed by atoms with Gasteiger partial charge in [0.05, 0.1) is 18.1 Å². The zero-order valence-corrected chi connectivity index (χ0v) is 14.5. The number of amides is 2. The van der Waals surface area contributed by atoms with E-state index in [1.54, 1.807) is 12.1 Å². The van der Waals surface area contributed by atoms with Crippen LogP contribution < -0.4 is 11.1 Å². The number of carbonyl (C=O) groups excluding carboxylic acids is 2. The second-order valence-electron chi connectivity index (χ2n) is 5.20. The molecule has 0 aliphatic carbocycles. The normalized spacial score (nSPS) is 16.0. The summed E-state index contributed by atoms with van der Waals surface area (Å²) in [4.78, 5) is 24.6. The van der Waals surface area contributed by atoms with Crippen molar-refractivity contribution >= 4 is 33.4 Å². The van der Waals surface area contributed by atoms with Crippen LogP contribution in [0.1, 0.15) is 0 Å². The van der Waals surface area contributed by atoms with Gasteiger partial charge in [0.25, 0.3) is 0 Å². The molecule has 3 N–H and O–H groups in total. The van der Waals surface area contributed by atoms with Crippen LogP contribution in [-0.4, -0.2) is 68.7 Å². The maximum Gasteiger partial charge on any atom is 0.244 e. The van der Waals surface area contributed by atoms with Crippen molar-refractivity contribution in [2.24, 2.45) is 5.73 Å². The van der Waals surface area contributed by atoms with Crippen LogP contribution in [0, 0.1) is 0 Å². The smallest absolute Gasteiger partial charge is 0.244 e. The van der Waals surface area contributed by atoms with Gasteiger partial charge in [-0.1, -0.05) is 23.7 Å². The molecule has 0 saturated carbocycles. The molecule has 1 aromatic rings. The standard InChI is InChI=1S/C14H19ClN4O4S/c15-11-3-1-2-4-12(11)24(22,23)19-7-5-18(6-8-19)14(21)10-17-13(20)9-16/h1-4H,5-10,16H2,(H,17,20). The van der Waals surface area contributed by atoms with Crippen LogP contribution in [0.2, 0.25) is 5.02 Å². The fourth-order valence-corrected chi connectivity index (χ4v) is 4.24. The molecule has 1 fully saturated rings. The third-order valence-electron chi connectivity index (χ3n) is 3.67. The molecule has 0 bridgehead atoms. The van der Waals surface area contributed by atoms with Crippen LogP contribution in [0.25, 0.3) is 0 Å². The van der Waals surface area contributed by atoms with Gasteiger partial charge < -0.3 is 16.0 Å². The number of nitrogens with zero attached hydrogens (tertiary/aromatic N) is 2. The maximum absolute atomic E-state index is 12.6. The van der Waals surface area contributed by atoms with E-state index >= 15 is 0 Å². The molecule has 2 amide bonds. The molecule has 1 saturated heterocycles. The first kappa shape index (κ1) is 18.7. The van der Waals surface area contributed by atoms with E-state index in [9.17, 15) is 18.0 Å². The highest BCUT2D eigenvalue weighted by Crippen LogP contribution is 2.24. The third-order valence-corrected chi connectivity index (χ3v) is 6.07. The largest absolute Gasteiger partial charge is 0.346 e. The molecule has 132 valence electrons. The number of nitrogens with two attached hydrogens (primary N) is 1. The Morgan fingerprint density at radius 3 is 2.38 bits per heavy atom. The van der Waals surface area contributed by atoms with E-state index in [0.29, 0.717) is 0 Å². The Hall–Kier alpha value is -1.68. The Morgan fingerprint density at radius 1 is 1.17 bits per heavy atom. The summed E-state index contributed by atoms with van der Waals surface area (Å²) in [5.41, 5.74) is 5.15. The molecule has 2 rings (SSSR count). The average Bonchev–Trinajstić information content (AvgIpc) is 2.59. The van der Waals surface area contributed by atoms with E-state index in [4.69, 9.17) is 17.3 Å². The average molecular weight is 375 g/mol. The van der Waals surface area contributed by atoms with E-state index in [-0.39, 0.29) is 55.1 Å². The van der Waals surface area contributed by atoms with Gasteiger partial charge in [-0.15, -0.1) is 0 Å². The fourth-order valence-electron chi connectivity index (χ4n) is 2.33. The van der Waals surface area contributed by atoms with Crippen LogP contribution in [-0.2, 0) is 19.6 Å². The van der Waals surface area contributed by atoms with Crippen LogP contribution >= 0.6 is 11.6 Å². The van der Waals surface area contributed by atoms with E-state index in [1.165, 1.54) is 21.3 Å². The van der Waals surface area contributed by atoms with Gasteiger partial charge in [0.1, 0.15) is 4.90 Å². The minimum absolute atomic E-state index is 0.0571. The topological polar surface area (TPSA) is 113 Å². The zero-order chi connectivity index (χ0) is 17.7. The Bertz CT molecular complexity index is 717. The highest BCUT2D eigenvalue weighted by molar-refractivity contribution is 7.89. The molecule has 0 atom stereocenters. The molecular formula is C14H19ClN4O4S. The summed E-state index contributed by atoms with van der Waals surface area (Å²) in [7, 11) is -3.69. The first-order valence-corrected chi connectivity index (χ1v) is 9.17. The van der Waals surface area contributed by atoms with E-state index < -0.39 is 15.9 Å². The highest BCUT2D eigenvalue weighted by atomic mass is 35.5. The van der Waals surface area contributed by atoms with Crippen molar-refractivity contribution in [3.05, 3.63) is 29.3 Å². The molecule has 0 radical (unpaired) electrons. The highest BCUT2D eigenvalue weighted by Gasteiger charge is 2.31. The number of halogens is 1. The molecule has 10 heteroatoms. The number of rotatable bonds is 5. The monoisotopic (exact) mass is 374 g/mol. The molecule has 1 aliphatic rings. The molecule has 0 aromatic heterocycles. The summed E-state index contributed by atoms with van der Waals surface area (Å²) in [5.74, 6) is -0.685. The van der Waals surface area contributed by atoms with Crippen molar-refractivity contribution in [2.75, 3.05) is 39.3 Å². The van der Waals surface area contributed by atoms with Gasteiger partial charge in [0, 0.05) is 26.2 Å². The van der Waals surface area contributed by atoms with Crippen LogP contribution in [0.4, 0.5) is 0 Å². The van der Waals surface area contributed by atoms with Crippen molar-refractivity contribution in [3.8, 4) is 0 Å². The van der Waals surface area contributed by atoms with E-state index in [2.05, 4.69) is 5.32 Å². The number of piperazine rings is 1. The summed E-state index contributed by atoms with van der Waals surface area (Å²) in [6.45, 7) is 0.515. The van der Waals surface area contributed by atoms with Gasteiger partial charge in [-0.05, 0) is 12.1 Å². The summed E-state index contributed by atoms with van der Waals surface area (Å²) in [6.07, 6.45) is 0. The Kier molecular flexibility index (Phi) is 6.16. The van der Waals surface area contributed by atoms with Crippen molar-refractivity contribution < 1.29 is 18.0 Å². The number of nitrogens with one attached hydrogen (secondary N) is 1. The molecule has 0 spiro atoms. The van der Waals surface area contributed by atoms with Crippen LogP contribution in [0.5, 0.6) is 0 Å². The summed E-state index contributed by atoms with van der Waals surface area (Å²) < 4.78 is 26.5. The van der Waals surface area contributed by atoms with Gasteiger partial charge in [-0.3, -0.25) is 9.59 Å². The van der Waals surface area contributed by atoms with E-state index in [1.807, 2.05) is 0 Å². The van der Waals surface area contributed by atoms with Crippen molar-refractivity contribution in [2.45, 2.75) is 4.90 Å². The molecular weight excluding hydrogens is 356 g/mol. The first-order valence-electron chi connectivity index (χ1n) is 7.35. The van der Waals surface area contributed by atoms with Gasteiger partial charge in [0.15, 0.2) is 0 Å². The number of hydrogen-bond donors (Lipinski definition) is 2. The summed E-state index contributed by atoms with van der Waals surface area (Å²) in [5, 5.41) is 2.57. The lowest BCUT2D eigenvalue weighted by Crippen LogP contribution is -2.52. The second kappa shape index (κ2) is 7.93. The molecule has 24 heavy (non-hydrogen) atoms. The third kappa shape index (κ3) is 4.23. The maximum atomic E-state index is 12.6. The minimum atomic E-state index is -3.69. The molecule has 1 heterocycles. The lowest BCUT2D eigenvalue weighted by Gasteiger charge is -2.34.